The van der Waals surface area contributed by atoms with Gasteiger partial charge in [0, 0.05) is 26.1 Å². The van der Waals surface area contributed by atoms with Crippen molar-refractivity contribution in [1.29, 1.82) is 0 Å². The lowest BCUT2D eigenvalue weighted by Gasteiger charge is -2.30. The highest BCUT2D eigenvalue weighted by molar-refractivity contribution is 6.33. The average Bonchev–Trinajstić information content (AvgIpc) is 2.64. The summed E-state index contributed by atoms with van der Waals surface area (Å²) >= 11 is 6.10. The van der Waals surface area contributed by atoms with E-state index in [1.165, 1.54) is 0 Å². The van der Waals surface area contributed by atoms with E-state index in [9.17, 15) is 4.79 Å². The van der Waals surface area contributed by atoms with E-state index in [0.29, 0.717) is 31.2 Å². The standard InChI is InChI=1S/C19H22ClN3O2/c20-15-5-1-2-6-16(15)21-10-9-19(24)22-17-7-3-4-8-18(17)23-11-13-25-14-12-23/h1-8,21H,9-14H2,(H,22,24). The second-order valence-corrected chi connectivity index (χ2v) is 6.23. The largest absolute Gasteiger partial charge is 0.383 e. The summed E-state index contributed by atoms with van der Waals surface area (Å²) < 4.78 is 5.40. The Morgan fingerprint density at radius 1 is 1.04 bits per heavy atom. The molecule has 5 nitrogen and oxygen atoms in total. The fraction of sp³-hybridized carbons (Fsp3) is 0.316. The number of hydrogen-bond acceptors (Lipinski definition) is 4. The first kappa shape index (κ1) is 17.6. The Balaban J connectivity index is 1.55. The van der Waals surface area contributed by atoms with Crippen molar-refractivity contribution in [3.63, 3.8) is 0 Å². The molecule has 3 rings (SSSR count). The van der Waals surface area contributed by atoms with E-state index in [-0.39, 0.29) is 5.91 Å². The smallest absolute Gasteiger partial charge is 0.226 e. The van der Waals surface area contributed by atoms with Crippen LogP contribution >= 0.6 is 11.6 Å². The van der Waals surface area contributed by atoms with Gasteiger partial charge in [-0.25, -0.2) is 0 Å². The number of benzene rings is 2. The van der Waals surface area contributed by atoms with Gasteiger partial charge in [0.05, 0.1) is 35.3 Å². The second-order valence-electron chi connectivity index (χ2n) is 5.82. The van der Waals surface area contributed by atoms with Crippen molar-refractivity contribution < 1.29 is 9.53 Å². The van der Waals surface area contributed by atoms with Crippen molar-refractivity contribution in [1.82, 2.24) is 0 Å². The lowest BCUT2D eigenvalue weighted by molar-refractivity contribution is -0.115. The van der Waals surface area contributed by atoms with Gasteiger partial charge in [-0.2, -0.15) is 0 Å². The third-order valence-corrected chi connectivity index (χ3v) is 4.40. The Morgan fingerprint density at radius 2 is 1.72 bits per heavy atom. The summed E-state index contributed by atoms with van der Waals surface area (Å²) in [6, 6.07) is 15.4. The Hall–Kier alpha value is -2.24. The molecule has 2 aromatic carbocycles. The summed E-state index contributed by atoms with van der Waals surface area (Å²) in [6.07, 6.45) is 0.364. The SMILES string of the molecule is O=C(CCNc1ccccc1Cl)Nc1ccccc1N1CCOCC1. The summed E-state index contributed by atoms with van der Waals surface area (Å²) in [5.74, 6) is -0.0275. The van der Waals surface area contributed by atoms with Crippen LogP contribution in [0.4, 0.5) is 17.1 Å². The maximum atomic E-state index is 12.3. The molecule has 1 saturated heterocycles. The summed E-state index contributed by atoms with van der Waals surface area (Å²) in [4.78, 5) is 14.5. The Bertz CT molecular complexity index is 717. The Kier molecular flexibility index (Phi) is 6.14. The van der Waals surface area contributed by atoms with Crippen LogP contribution in [0.15, 0.2) is 48.5 Å². The molecule has 0 aromatic heterocycles. The van der Waals surface area contributed by atoms with Gasteiger partial charge in [-0.1, -0.05) is 35.9 Å². The number of nitrogens with one attached hydrogen (secondary N) is 2. The molecule has 0 aliphatic carbocycles. The molecule has 0 radical (unpaired) electrons. The number of nitrogens with zero attached hydrogens (tertiary/aromatic N) is 1. The number of hydrogen-bond donors (Lipinski definition) is 2. The minimum Gasteiger partial charge on any atom is -0.383 e. The molecule has 2 aromatic rings. The number of ether oxygens (including phenoxy) is 1. The number of carbonyl (C=O) groups is 1. The summed E-state index contributed by atoms with van der Waals surface area (Å²) in [6.45, 7) is 3.62. The van der Waals surface area contributed by atoms with Gasteiger partial charge in [0.1, 0.15) is 0 Å². The topological polar surface area (TPSA) is 53.6 Å². The summed E-state index contributed by atoms with van der Waals surface area (Å²) in [7, 11) is 0. The number of anilines is 3. The first-order valence-electron chi connectivity index (χ1n) is 8.44. The van der Waals surface area contributed by atoms with Crippen molar-refractivity contribution in [2.45, 2.75) is 6.42 Å². The van der Waals surface area contributed by atoms with Crippen LogP contribution in [0, 0.1) is 0 Å². The molecule has 1 fully saturated rings. The van der Waals surface area contributed by atoms with Gasteiger partial charge in [-0.3, -0.25) is 4.79 Å². The minimum atomic E-state index is -0.0275. The van der Waals surface area contributed by atoms with Gasteiger partial charge in [0.2, 0.25) is 5.91 Å². The number of rotatable bonds is 6. The van der Waals surface area contributed by atoms with Gasteiger partial charge in [-0.15, -0.1) is 0 Å². The normalized spacial score (nSPS) is 14.2. The van der Waals surface area contributed by atoms with Crippen LogP contribution in [-0.4, -0.2) is 38.8 Å². The fourth-order valence-corrected chi connectivity index (χ4v) is 2.99. The Labute approximate surface area is 152 Å². The lowest BCUT2D eigenvalue weighted by Crippen LogP contribution is -2.36. The number of carbonyl (C=O) groups excluding carboxylic acids is 1. The second kappa shape index (κ2) is 8.74. The Morgan fingerprint density at radius 3 is 2.48 bits per heavy atom. The molecule has 1 amide bonds. The van der Waals surface area contributed by atoms with Crippen LogP contribution in [0.2, 0.25) is 5.02 Å². The fourth-order valence-electron chi connectivity index (χ4n) is 2.79. The maximum absolute atomic E-state index is 12.3. The van der Waals surface area contributed by atoms with Crippen LogP contribution in [0.25, 0.3) is 0 Å². The van der Waals surface area contributed by atoms with Gasteiger partial charge in [-0.05, 0) is 24.3 Å². The molecule has 1 aliphatic heterocycles. The third kappa shape index (κ3) is 4.87. The predicted octanol–water partition coefficient (Wildman–Crippen LogP) is 3.62. The molecular weight excluding hydrogens is 338 g/mol. The average molecular weight is 360 g/mol. The van der Waals surface area contributed by atoms with Gasteiger partial charge in [0.25, 0.3) is 0 Å². The molecule has 0 saturated carbocycles. The van der Waals surface area contributed by atoms with E-state index < -0.39 is 0 Å². The molecule has 1 heterocycles. The van der Waals surface area contributed by atoms with Crippen molar-refractivity contribution >= 4 is 34.6 Å². The number of halogens is 1. The number of morpholine rings is 1. The van der Waals surface area contributed by atoms with E-state index >= 15 is 0 Å². The maximum Gasteiger partial charge on any atom is 0.226 e. The van der Waals surface area contributed by atoms with Crippen LogP contribution < -0.4 is 15.5 Å². The zero-order valence-electron chi connectivity index (χ0n) is 14.0. The van der Waals surface area contributed by atoms with Gasteiger partial charge in [0.15, 0.2) is 0 Å². The number of amides is 1. The highest BCUT2D eigenvalue weighted by Crippen LogP contribution is 2.26. The first-order chi connectivity index (χ1) is 12.2. The van der Waals surface area contributed by atoms with Crippen molar-refractivity contribution in [3.05, 3.63) is 53.6 Å². The monoisotopic (exact) mass is 359 g/mol. The van der Waals surface area contributed by atoms with Crippen LogP contribution in [0.5, 0.6) is 0 Å². The van der Waals surface area contributed by atoms with Crippen molar-refractivity contribution in [2.75, 3.05) is 48.4 Å². The predicted molar refractivity (Wildman–Crippen MR) is 103 cm³/mol. The van der Waals surface area contributed by atoms with Crippen LogP contribution in [0.3, 0.4) is 0 Å². The molecular formula is C19H22ClN3O2. The molecule has 25 heavy (non-hydrogen) atoms. The first-order valence-corrected chi connectivity index (χ1v) is 8.82. The zero-order chi connectivity index (χ0) is 17.5. The summed E-state index contributed by atoms with van der Waals surface area (Å²) in [5.41, 5.74) is 2.72. The van der Waals surface area contributed by atoms with Crippen LogP contribution in [0.1, 0.15) is 6.42 Å². The number of para-hydroxylation sites is 3. The molecule has 6 heteroatoms. The van der Waals surface area contributed by atoms with Gasteiger partial charge < -0.3 is 20.3 Å². The van der Waals surface area contributed by atoms with E-state index in [4.69, 9.17) is 16.3 Å². The molecule has 1 aliphatic rings. The lowest BCUT2D eigenvalue weighted by atomic mass is 10.2. The molecule has 0 bridgehead atoms. The molecule has 0 spiro atoms. The third-order valence-electron chi connectivity index (χ3n) is 4.07. The molecule has 132 valence electrons. The highest BCUT2D eigenvalue weighted by atomic mass is 35.5. The minimum absolute atomic E-state index is 0.0275. The van der Waals surface area contributed by atoms with E-state index in [1.54, 1.807) is 0 Å². The molecule has 0 unspecified atom stereocenters. The quantitative estimate of drug-likeness (QED) is 0.827. The van der Waals surface area contributed by atoms with E-state index in [0.717, 1.165) is 30.2 Å². The van der Waals surface area contributed by atoms with Crippen molar-refractivity contribution in [2.24, 2.45) is 0 Å². The van der Waals surface area contributed by atoms with E-state index in [1.807, 2.05) is 48.5 Å². The van der Waals surface area contributed by atoms with Crippen molar-refractivity contribution in [3.8, 4) is 0 Å². The zero-order valence-corrected chi connectivity index (χ0v) is 14.8. The summed E-state index contributed by atoms with van der Waals surface area (Å²) in [5, 5.41) is 6.86. The molecule has 0 atom stereocenters. The van der Waals surface area contributed by atoms with Crippen LogP contribution in [-0.2, 0) is 9.53 Å². The molecule has 2 N–H and O–H groups in total. The van der Waals surface area contributed by atoms with Gasteiger partial charge >= 0.3 is 0 Å². The highest BCUT2D eigenvalue weighted by Gasteiger charge is 2.15. The van der Waals surface area contributed by atoms with E-state index in [2.05, 4.69) is 15.5 Å².